The lowest BCUT2D eigenvalue weighted by Gasteiger charge is -2.28. The molecular formula is C39H79NO2. The smallest absolute Gasteiger partial charge is 0.0862 e. The molecule has 42 heavy (non-hydrogen) atoms. The molecule has 0 fully saturated rings. The van der Waals surface area contributed by atoms with Gasteiger partial charge in [-0.2, -0.15) is 0 Å². The molecule has 0 aromatic carbocycles. The van der Waals surface area contributed by atoms with Gasteiger partial charge >= 0.3 is 0 Å². The monoisotopic (exact) mass is 594 g/mol. The topological polar surface area (TPSA) is 21.7 Å². The quantitative estimate of drug-likeness (QED) is 0.0706. The van der Waals surface area contributed by atoms with E-state index in [1.807, 2.05) is 0 Å². The van der Waals surface area contributed by atoms with Gasteiger partial charge in [-0.25, -0.2) is 0 Å². The molecule has 0 saturated carbocycles. The summed E-state index contributed by atoms with van der Waals surface area (Å²) in [6.45, 7) is 21.2. The van der Waals surface area contributed by atoms with Crippen LogP contribution in [0.1, 0.15) is 202 Å². The van der Waals surface area contributed by atoms with E-state index in [0.29, 0.717) is 6.61 Å². The maximum atomic E-state index is 6.20. The molecule has 0 aliphatic carbocycles. The highest BCUT2D eigenvalue weighted by molar-refractivity contribution is 4.94. The normalized spacial score (nSPS) is 12.6. The van der Waals surface area contributed by atoms with Crippen LogP contribution in [0.5, 0.6) is 0 Å². The third kappa shape index (κ3) is 30.9. The predicted molar refractivity (Wildman–Crippen MR) is 189 cm³/mol. The minimum absolute atomic E-state index is 0.0807. The van der Waals surface area contributed by atoms with Gasteiger partial charge in [-0.1, -0.05) is 162 Å². The number of nitrogens with zero attached hydrogens (tertiary/aromatic N) is 1. The summed E-state index contributed by atoms with van der Waals surface area (Å²) in [5.41, 5.74) is 1.09. The van der Waals surface area contributed by atoms with Crippen molar-refractivity contribution in [2.24, 2.45) is 0 Å². The van der Waals surface area contributed by atoms with E-state index in [4.69, 9.17) is 9.47 Å². The number of hydrogen-bond donors (Lipinski definition) is 0. The predicted octanol–water partition coefficient (Wildman–Crippen LogP) is 12.8. The average molecular weight is 594 g/mol. The van der Waals surface area contributed by atoms with Gasteiger partial charge in [0.1, 0.15) is 0 Å². The Morgan fingerprint density at radius 2 is 0.905 bits per heavy atom. The van der Waals surface area contributed by atoms with Crippen molar-refractivity contribution in [1.82, 2.24) is 4.90 Å². The maximum Gasteiger partial charge on any atom is 0.0862 e. The fourth-order valence-electron chi connectivity index (χ4n) is 5.66. The first-order valence-corrected chi connectivity index (χ1v) is 19.0. The van der Waals surface area contributed by atoms with E-state index in [9.17, 15) is 0 Å². The summed E-state index contributed by atoms with van der Waals surface area (Å²) in [7, 11) is 0. The molecular weight excluding hydrogens is 514 g/mol. The van der Waals surface area contributed by atoms with Crippen molar-refractivity contribution in [3.63, 3.8) is 0 Å². The van der Waals surface area contributed by atoms with Crippen molar-refractivity contribution >= 4 is 0 Å². The van der Waals surface area contributed by atoms with Crippen LogP contribution in [0.2, 0.25) is 0 Å². The molecule has 0 rings (SSSR count). The highest BCUT2D eigenvalue weighted by Gasteiger charge is 2.13. The molecule has 0 aromatic rings. The van der Waals surface area contributed by atoms with Crippen molar-refractivity contribution in [3.8, 4) is 0 Å². The molecule has 0 saturated heterocycles. The minimum Gasteiger partial charge on any atom is -0.376 e. The Hall–Kier alpha value is -0.540. The van der Waals surface area contributed by atoms with Crippen molar-refractivity contribution in [1.29, 1.82) is 0 Å². The lowest BCUT2D eigenvalue weighted by Crippen LogP contribution is -2.29. The first kappa shape index (κ1) is 41.5. The largest absolute Gasteiger partial charge is 0.376 e. The van der Waals surface area contributed by atoms with Crippen LogP contribution in [-0.2, 0) is 9.47 Å². The Labute approximate surface area is 266 Å². The zero-order valence-electron chi connectivity index (χ0n) is 30.1. The SMILES string of the molecule is C=C(COC(C)CCOC(C)(C)C)N(CCCCCCCCCCCCCC)CCCCCCCCCCCCCC. The van der Waals surface area contributed by atoms with E-state index in [0.717, 1.165) is 26.1 Å². The van der Waals surface area contributed by atoms with Crippen LogP contribution in [0.3, 0.4) is 0 Å². The highest BCUT2D eigenvalue weighted by Crippen LogP contribution is 2.16. The van der Waals surface area contributed by atoms with E-state index in [1.165, 1.54) is 160 Å². The molecule has 1 atom stereocenters. The highest BCUT2D eigenvalue weighted by atomic mass is 16.5. The Balaban J connectivity index is 4.20. The minimum atomic E-state index is -0.0807. The number of unbranched alkanes of at least 4 members (excludes halogenated alkanes) is 22. The van der Waals surface area contributed by atoms with Crippen molar-refractivity contribution < 1.29 is 9.47 Å². The molecule has 0 N–H and O–H groups in total. The second kappa shape index (κ2) is 30.5. The van der Waals surface area contributed by atoms with E-state index in [-0.39, 0.29) is 11.7 Å². The summed E-state index contributed by atoms with van der Waals surface area (Å²) >= 11 is 0. The van der Waals surface area contributed by atoms with Gasteiger partial charge in [0.15, 0.2) is 0 Å². The summed E-state index contributed by atoms with van der Waals surface area (Å²) in [6.07, 6.45) is 34.8. The van der Waals surface area contributed by atoms with Gasteiger partial charge in [-0.15, -0.1) is 0 Å². The van der Waals surface area contributed by atoms with E-state index >= 15 is 0 Å². The first-order valence-electron chi connectivity index (χ1n) is 19.0. The zero-order valence-corrected chi connectivity index (χ0v) is 30.1. The average Bonchev–Trinajstić information content (AvgIpc) is 2.95. The van der Waals surface area contributed by atoms with Gasteiger partial charge in [-0.3, -0.25) is 0 Å². The Bertz CT molecular complexity index is 527. The molecule has 0 aliphatic heterocycles. The molecule has 0 amide bonds. The Kier molecular flexibility index (Phi) is 30.1. The molecule has 1 unspecified atom stereocenters. The summed E-state index contributed by atoms with van der Waals surface area (Å²) in [5, 5.41) is 0. The second-order valence-corrected chi connectivity index (χ2v) is 14.2. The van der Waals surface area contributed by atoms with Crippen molar-refractivity contribution in [2.45, 2.75) is 214 Å². The van der Waals surface area contributed by atoms with E-state index in [2.05, 4.69) is 53.0 Å². The fourth-order valence-corrected chi connectivity index (χ4v) is 5.66. The van der Waals surface area contributed by atoms with Crippen LogP contribution >= 0.6 is 0 Å². The van der Waals surface area contributed by atoms with Crippen LogP contribution in [-0.4, -0.2) is 42.9 Å². The fraction of sp³-hybridized carbons (Fsp3) is 0.949. The summed E-state index contributed by atoms with van der Waals surface area (Å²) in [5.74, 6) is 0. The van der Waals surface area contributed by atoms with Crippen LogP contribution < -0.4 is 0 Å². The first-order chi connectivity index (χ1) is 20.3. The van der Waals surface area contributed by atoms with Crippen molar-refractivity contribution in [3.05, 3.63) is 12.3 Å². The van der Waals surface area contributed by atoms with Gasteiger partial charge in [0, 0.05) is 25.4 Å². The molecule has 0 aromatic heterocycles. The molecule has 0 radical (unpaired) electrons. The van der Waals surface area contributed by atoms with Gasteiger partial charge in [-0.05, 0) is 47.0 Å². The third-order valence-corrected chi connectivity index (χ3v) is 8.60. The molecule has 3 nitrogen and oxygen atoms in total. The van der Waals surface area contributed by atoms with Crippen LogP contribution in [0.15, 0.2) is 12.3 Å². The maximum absolute atomic E-state index is 6.20. The molecule has 252 valence electrons. The van der Waals surface area contributed by atoms with Crippen LogP contribution in [0, 0.1) is 0 Å². The Morgan fingerprint density at radius 3 is 1.24 bits per heavy atom. The second-order valence-electron chi connectivity index (χ2n) is 14.2. The van der Waals surface area contributed by atoms with E-state index < -0.39 is 0 Å². The number of ether oxygens (including phenoxy) is 2. The van der Waals surface area contributed by atoms with Crippen molar-refractivity contribution in [2.75, 3.05) is 26.3 Å². The lowest BCUT2D eigenvalue weighted by atomic mass is 10.0. The molecule has 3 heteroatoms. The van der Waals surface area contributed by atoms with E-state index in [1.54, 1.807) is 0 Å². The van der Waals surface area contributed by atoms with Crippen LogP contribution in [0.25, 0.3) is 0 Å². The van der Waals surface area contributed by atoms with Gasteiger partial charge in [0.05, 0.1) is 18.3 Å². The summed E-state index contributed by atoms with van der Waals surface area (Å²) in [4.78, 5) is 2.55. The van der Waals surface area contributed by atoms with Gasteiger partial charge in [0.2, 0.25) is 0 Å². The summed E-state index contributed by atoms with van der Waals surface area (Å²) < 4.78 is 12.1. The standard InChI is InChI=1S/C39H79NO2/c1-8-10-12-14-16-18-20-22-24-26-28-30-33-40(37(3)36-41-38(4)32-35-42-39(5,6)7)34-31-29-27-25-23-21-19-17-15-13-11-9-2/h38H,3,8-36H2,1-2,4-7H3. The molecule has 0 heterocycles. The van der Waals surface area contributed by atoms with Gasteiger partial charge < -0.3 is 14.4 Å². The third-order valence-electron chi connectivity index (χ3n) is 8.60. The molecule has 0 aliphatic rings. The van der Waals surface area contributed by atoms with Crippen LogP contribution in [0.4, 0.5) is 0 Å². The number of hydrogen-bond acceptors (Lipinski definition) is 3. The summed E-state index contributed by atoms with van der Waals surface area (Å²) in [6, 6.07) is 0. The number of rotatable bonds is 33. The Morgan fingerprint density at radius 1 is 0.571 bits per heavy atom. The van der Waals surface area contributed by atoms with Gasteiger partial charge in [0.25, 0.3) is 0 Å². The zero-order chi connectivity index (χ0) is 31.2. The molecule has 0 bridgehead atoms. The molecule has 0 spiro atoms. The lowest BCUT2D eigenvalue weighted by molar-refractivity contribution is -0.0275.